The number of hydrogen-bond donors (Lipinski definition) is 1. The second-order valence-electron chi connectivity index (χ2n) is 4.81. The van der Waals surface area contributed by atoms with E-state index in [0.29, 0.717) is 12.5 Å². The minimum Gasteiger partial charge on any atom is -0.376 e. The molecular weight excluding hydrogens is 212 g/mol. The van der Waals surface area contributed by atoms with Crippen molar-refractivity contribution in [3.63, 3.8) is 0 Å². The molecule has 1 saturated heterocycles. The number of hydrogen-bond acceptors (Lipinski definition) is 2. The van der Waals surface area contributed by atoms with E-state index in [0.717, 1.165) is 25.2 Å². The van der Waals surface area contributed by atoms with Crippen LogP contribution in [-0.4, -0.2) is 30.4 Å². The zero-order valence-electron chi connectivity index (χ0n) is 10.4. The highest BCUT2D eigenvalue weighted by atomic mass is 16.2. The van der Waals surface area contributed by atoms with Gasteiger partial charge in [-0.1, -0.05) is 25.1 Å². The predicted molar refractivity (Wildman–Crippen MR) is 69.9 cm³/mol. The molecule has 1 aromatic carbocycles. The zero-order chi connectivity index (χ0) is 12.1. The maximum atomic E-state index is 12.0. The van der Waals surface area contributed by atoms with Gasteiger partial charge in [0.05, 0.1) is 6.54 Å². The Morgan fingerprint density at radius 1 is 1.41 bits per heavy atom. The smallest absolute Gasteiger partial charge is 0.241 e. The molecule has 1 aliphatic rings. The number of carbonyl (C=O) groups is 1. The van der Waals surface area contributed by atoms with Crippen molar-refractivity contribution in [2.45, 2.75) is 19.8 Å². The Labute approximate surface area is 103 Å². The van der Waals surface area contributed by atoms with Crippen molar-refractivity contribution < 1.29 is 4.79 Å². The molecule has 1 heterocycles. The highest BCUT2D eigenvalue weighted by molar-refractivity contribution is 5.80. The molecule has 92 valence electrons. The van der Waals surface area contributed by atoms with Gasteiger partial charge in [-0.25, -0.2) is 0 Å². The number of benzene rings is 1. The van der Waals surface area contributed by atoms with Crippen molar-refractivity contribution in [2.24, 2.45) is 5.92 Å². The molecule has 2 rings (SSSR count). The van der Waals surface area contributed by atoms with Crippen molar-refractivity contribution in [1.29, 1.82) is 0 Å². The van der Waals surface area contributed by atoms with Crippen LogP contribution >= 0.6 is 0 Å². The topological polar surface area (TPSA) is 32.3 Å². The third-order valence-corrected chi connectivity index (χ3v) is 3.23. The van der Waals surface area contributed by atoms with E-state index < -0.39 is 0 Å². The molecule has 1 aliphatic heterocycles. The van der Waals surface area contributed by atoms with Crippen molar-refractivity contribution in [2.75, 3.05) is 25.0 Å². The molecule has 0 aliphatic carbocycles. The first-order valence-corrected chi connectivity index (χ1v) is 6.32. The summed E-state index contributed by atoms with van der Waals surface area (Å²) in [5.74, 6) is 0.852. The molecule has 1 aromatic rings. The van der Waals surface area contributed by atoms with Gasteiger partial charge in [-0.05, 0) is 30.9 Å². The molecule has 0 bridgehead atoms. The fourth-order valence-electron chi connectivity index (χ4n) is 2.26. The van der Waals surface area contributed by atoms with Crippen molar-refractivity contribution >= 4 is 11.6 Å². The van der Waals surface area contributed by atoms with Crippen molar-refractivity contribution in [3.8, 4) is 0 Å². The molecule has 0 saturated carbocycles. The number of likely N-dealkylation sites (tertiary alicyclic amines) is 1. The van der Waals surface area contributed by atoms with E-state index in [4.69, 9.17) is 0 Å². The SMILES string of the molecule is CC1CCCN(C(=O)CNc2ccccc2)C1. The first-order chi connectivity index (χ1) is 8.25. The first kappa shape index (κ1) is 12.0. The fourth-order valence-corrected chi connectivity index (χ4v) is 2.26. The number of nitrogens with one attached hydrogen (secondary N) is 1. The summed E-state index contributed by atoms with van der Waals surface area (Å²) in [4.78, 5) is 14.0. The van der Waals surface area contributed by atoms with Gasteiger partial charge in [-0.15, -0.1) is 0 Å². The molecule has 0 spiro atoms. The van der Waals surface area contributed by atoms with E-state index in [-0.39, 0.29) is 5.91 Å². The van der Waals surface area contributed by atoms with Crippen LogP contribution in [0, 0.1) is 5.92 Å². The number of amides is 1. The van der Waals surface area contributed by atoms with E-state index in [2.05, 4.69) is 12.2 Å². The Hall–Kier alpha value is -1.51. The van der Waals surface area contributed by atoms with Crippen molar-refractivity contribution in [1.82, 2.24) is 4.90 Å². The molecule has 0 aromatic heterocycles. The quantitative estimate of drug-likeness (QED) is 0.867. The summed E-state index contributed by atoms with van der Waals surface area (Å²) in [6.07, 6.45) is 2.38. The predicted octanol–water partition coefficient (Wildman–Crippen LogP) is 2.36. The number of carbonyl (C=O) groups excluding carboxylic acids is 1. The van der Waals surface area contributed by atoms with Gasteiger partial charge in [0.25, 0.3) is 0 Å². The maximum absolute atomic E-state index is 12.0. The summed E-state index contributed by atoms with van der Waals surface area (Å²) >= 11 is 0. The summed E-state index contributed by atoms with van der Waals surface area (Å²) in [7, 11) is 0. The molecule has 3 nitrogen and oxygen atoms in total. The second-order valence-corrected chi connectivity index (χ2v) is 4.81. The van der Waals surface area contributed by atoms with Gasteiger partial charge >= 0.3 is 0 Å². The third-order valence-electron chi connectivity index (χ3n) is 3.23. The van der Waals surface area contributed by atoms with Crippen LogP contribution in [0.1, 0.15) is 19.8 Å². The van der Waals surface area contributed by atoms with Crippen LogP contribution in [0.3, 0.4) is 0 Å². The maximum Gasteiger partial charge on any atom is 0.241 e. The monoisotopic (exact) mass is 232 g/mol. The fraction of sp³-hybridized carbons (Fsp3) is 0.500. The number of nitrogens with zero attached hydrogens (tertiary/aromatic N) is 1. The first-order valence-electron chi connectivity index (χ1n) is 6.32. The minimum absolute atomic E-state index is 0.209. The Morgan fingerprint density at radius 3 is 2.88 bits per heavy atom. The standard InChI is InChI=1S/C14H20N2O/c1-12-6-5-9-16(11-12)14(17)10-15-13-7-3-2-4-8-13/h2-4,7-8,12,15H,5-6,9-11H2,1H3. The molecule has 1 atom stereocenters. The van der Waals surface area contributed by atoms with E-state index in [1.165, 1.54) is 6.42 Å². The number of anilines is 1. The number of para-hydroxylation sites is 1. The number of piperidine rings is 1. The Kier molecular flexibility index (Phi) is 4.02. The molecule has 1 fully saturated rings. The van der Waals surface area contributed by atoms with E-state index in [1.54, 1.807) is 0 Å². The zero-order valence-corrected chi connectivity index (χ0v) is 10.4. The van der Waals surface area contributed by atoms with Crippen molar-refractivity contribution in [3.05, 3.63) is 30.3 Å². The Balaban J connectivity index is 1.81. The van der Waals surface area contributed by atoms with Gasteiger partial charge in [-0.3, -0.25) is 4.79 Å². The van der Waals surface area contributed by atoms with Gasteiger partial charge in [0, 0.05) is 18.8 Å². The lowest BCUT2D eigenvalue weighted by molar-refractivity contribution is -0.130. The lowest BCUT2D eigenvalue weighted by Crippen LogP contribution is -2.41. The molecule has 3 heteroatoms. The van der Waals surface area contributed by atoms with Gasteiger partial charge < -0.3 is 10.2 Å². The van der Waals surface area contributed by atoms with Gasteiger partial charge in [0.15, 0.2) is 0 Å². The highest BCUT2D eigenvalue weighted by Crippen LogP contribution is 2.15. The minimum atomic E-state index is 0.209. The third kappa shape index (κ3) is 3.48. The van der Waals surface area contributed by atoms with E-state index in [9.17, 15) is 4.79 Å². The molecular formula is C14H20N2O. The second kappa shape index (κ2) is 5.71. The lowest BCUT2D eigenvalue weighted by atomic mass is 10.0. The Morgan fingerprint density at radius 2 is 2.18 bits per heavy atom. The van der Waals surface area contributed by atoms with Gasteiger partial charge in [0.2, 0.25) is 5.91 Å². The van der Waals surface area contributed by atoms with Crippen LogP contribution in [-0.2, 0) is 4.79 Å². The van der Waals surface area contributed by atoms with Crippen LogP contribution in [0.15, 0.2) is 30.3 Å². The number of rotatable bonds is 3. The van der Waals surface area contributed by atoms with Gasteiger partial charge in [0.1, 0.15) is 0 Å². The van der Waals surface area contributed by atoms with E-state index >= 15 is 0 Å². The lowest BCUT2D eigenvalue weighted by Gasteiger charge is -2.31. The average Bonchev–Trinajstić information content (AvgIpc) is 2.37. The Bertz CT molecular complexity index is 364. The molecule has 1 amide bonds. The molecule has 0 radical (unpaired) electrons. The average molecular weight is 232 g/mol. The normalized spacial score (nSPS) is 20.1. The largest absolute Gasteiger partial charge is 0.376 e. The summed E-state index contributed by atoms with van der Waals surface area (Å²) < 4.78 is 0. The van der Waals surface area contributed by atoms with E-state index in [1.807, 2.05) is 35.2 Å². The van der Waals surface area contributed by atoms with Crippen LogP contribution in [0.5, 0.6) is 0 Å². The van der Waals surface area contributed by atoms with Gasteiger partial charge in [-0.2, -0.15) is 0 Å². The molecule has 1 N–H and O–H groups in total. The summed E-state index contributed by atoms with van der Waals surface area (Å²) in [6, 6.07) is 9.86. The van der Waals surface area contributed by atoms with Crippen LogP contribution in [0.2, 0.25) is 0 Å². The van der Waals surface area contributed by atoms with Crippen LogP contribution < -0.4 is 5.32 Å². The van der Waals surface area contributed by atoms with Crippen LogP contribution in [0.25, 0.3) is 0 Å². The molecule has 17 heavy (non-hydrogen) atoms. The molecule has 1 unspecified atom stereocenters. The highest BCUT2D eigenvalue weighted by Gasteiger charge is 2.20. The van der Waals surface area contributed by atoms with Crippen LogP contribution in [0.4, 0.5) is 5.69 Å². The summed E-state index contributed by atoms with van der Waals surface area (Å²) in [5.41, 5.74) is 1.01. The summed E-state index contributed by atoms with van der Waals surface area (Å²) in [5, 5.41) is 3.17. The summed E-state index contributed by atoms with van der Waals surface area (Å²) in [6.45, 7) is 4.44.